The molecule has 19 heavy (non-hydrogen) atoms. The van der Waals surface area contributed by atoms with E-state index in [1.54, 1.807) is 19.2 Å². The van der Waals surface area contributed by atoms with Crippen molar-refractivity contribution in [2.45, 2.75) is 0 Å². The van der Waals surface area contributed by atoms with Crippen LogP contribution in [-0.2, 0) is 0 Å². The van der Waals surface area contributed by atoms with Crippen LogP contribution in [0.4, 0.5) is 5.69 Å². The highest BCUT2D eigenvalue weighted by molar-refractivity contribution is 6.34. The van der Waals surface area contributed by atoms with Gasteiger partial charge in [-0.1, -0.05) is 17.7 Å². The molecule has 0 aliphatic heterocycles. The Morgan fingerprint density at radius 3 is 2.47 bits per heavy atom. The number of nitrogens with zero attached hydrogens (tertiary/aromatic N) is 1. The van der Waals surface area contributed by atoms with Gasteiger partial charge in [0.2, 0.25) is 0 Å². The molecule has 0 spiro atoms. The Balaban J connectivity index is 2.36. The number of hydrogen-bond acceptors (Lipinski definition) is 3. The van der Waals surface area contributed by atoms with Gasteiger partial charge < -0.3 is 15.1 Å². The summed E-state index contributed by atoms with van der Waals surface area (Å²) in [5.41, 5.74) is 0.733. The van der Waals surface area contributed by atoms with Crippen LogP contribution in [0.25, 0.3) is 0 Å². The van der Waals surface area contributed by atoms with Gasteiger partial charge in [0.1, 0.15) is 11.5 Å². The summed E-state index contributed by atoms with van der Waals surface area (Å²) in [4.78, 5) is 13.6. The maximum absolute atomic E-state index is 12.3. The van der Waals surface area contributed by atoms with E-state index >= 15 is 0 Å². The average Bonchev–Trinajstić information content (AvgIpc) is 2.40. The fourth-order valence-electron chi connectivity index (χ4n) is 1.68. The van der Waals surface area contributed by atoms with Gasteiger partial charge in [-0.2, -0.15) is 0 Å². The maximum atomic E-state index is 12.3. The van der Waals surface area contributed by atoms with Crippen LogP contribution < -0.4 is 4.90 Å². The lowest BCUT2D eigenvalue weighted by Crippen LogP contribution is -2.26. The van der Waals surface area contributed by atoms with Crippen LogP contribution in [0.5, 0.6) is 11.5 Å². The topological polar surface area (TPSA) is 60.8 Å². The molecule has 5 heteroatoms. The Kier molecular flexibility index (Phi) is 3.62. The Labute approximate surface area is 115 Å². The van der Waals surface area contributed by atoms with E-state index in [1.807, 2.05) is 0 Å². The highest BCUT2D eigenvalue weighted by atomic mass is 35.5. The Morgan fingerprint density at radius 1 is 1.11 bits per heavy atom. The number of hydrogen-bond donors (Lipinski definition) is 2. The van der Waals surface area contributed by atoms with Gasteiger partial charge >= 0.3 is 0 Å². The zero-order valence-corrected chi connectivity index (χ0v) is 10.9. The molecule has 1 amide bonds. The summed E-state index contributed by atoms with van der Waals surface area (Å²) in [6, 6.07) is 10.5. The SMILES string of the molecule is CN(C(=O)c1cc(O)ccc1Cl)c1cccc(O)c1. The number of phenols is 2. The summed E-state index contributed by atoms with van der Waals surface area (Å²) in [5, 5.41) is 19.1. The molecule has 0 fully saturated rings. The van der Waals surface area contributed by atoms with Crippen molar-refractivity contribution in [2.24, 2.45) is 0 Å². The van der Waals surface area contributed by atoms with Crippen molar-refractivity contribution in [3.05, 3.63) is 53.1 Å². The van der Waals surface area contributed by atoms with Crippen molar-refractivity contribution >= 4 is 23.2 Å². The first kappa shape index (κ1) is 13.2. The number of anilines is 1. The first-order valence-electron chi connectivity index (χ1n) is 5.54. The molecule has 0 heterocycles. The minimum Gasteiger partial charge on any atom is -0.508 e. The molecule has 0 aliphatic carbocycles. The van der Waals surface area contributed by atoms with Crippen molar-refractivity contribution in [2.75, 3.05) is 11.9 Å². The van der Waals surface area contributed by atoms with Crippen LogP contribution >= 0.6 is 11.6 Å². The summed E-state index contributed by atoms with van der Waals surface area (Å²) in [5.74, 6) is -0.331. The molecule has 4 nitrogen and oxygen atoms in total. The lowest BCUT2D eigenvalue weighted by molar-refractivity contribution is 0.0993. The van der Waals surface area contributed by atoms with Gasteiger partial charge in [0, 0.05) is 18.8 Å². The van der Waals surface area contributed by atoms with E-state index < -0.39 is 0 Å². The lowest BCUT2D eigenvalue weighted by Gasteiger charge is -2.18. The van der Waals surface area contributed by atoms with Gasteiger partial charge in [-0.25, -0.2) is 0 Å². The molecule has 2 aromatic rings. The van der Waals surface area contributed by atoms with Gasteiger partial charge in [0.15, 0.2) is 0 Å². The van der Waals surface area contributed by atoms with Crippen LogP contribution in [0.1, 0.15) is 10.4 Å². The molecule has 0 radical (unpaired) electrons. The van der Waals surface area contributed by atoms with Crippen molar-refractivity contribution in [3.8, 4) is 11.5 Å². The molecule has 0 unspecified atom stereocenters. The second-order valence-corrected chi connectivity index (χ2v) is 4.46. The van der Waals surface area contributed by atoms with Crippen LogP contribution in [0.15, 0.2) is 42.5 Å². The first-order chi connectivity index (χ1) is 8.99. The number of halogens is 1. The minimum absolute atomic E-state index is 0.0305. The van der Waals surface area contributed by atoms with Gasteiger partial charge in [-0.3, -0.25) is 4.79 Å². The normalized spacial score (nSPS) is 10.2. The van der Waals surface area contributed by atoms with Crippen molar-refractivity contribution in [1.82, 2.24) is 0 Å². The number of carbonyl (C=O) groups is 1. The van der Waals surface area contributed by atoms with E-state index in [1.165, 1.54) is 35.2 Å². The maximum Gasteiger partial charge on any atom is 0.259 e. The number of amides is 1. The summed E-state index contributed by atoms with van der Waals surface area (Å²) in [7, 11) is 1.57. The molecule has 0 saturated carbocycles. The number of aromatic hydroxyl groups is 2. The monoisotopic (exact) mass is 277 g/mol. The second-order valence-electron chi connectivity index (χ2n) is 4.05. The van der Waals surface area contributed by atoms with Gasteiger partial charge in [0.05, 0.1) is 10.6 Å². The third-order valence-corrected chi connectivity index (χ3v) is 3.03. The van der Waals surface area contributed by atoms with Crippen molar-refractivity contribution < 1.29 is 15.0 Å². The zero-order valence-electron chi connectivity index (χ0n) is 10.2. The zero-order chi connectivity index (χ0) is 14.0. The van der Waals surface area contributed by atoms with Crippen LogP contribution in [0.2, 0.25) is 5.02 Å². The molecule has 0 aliphatic rings. The fraction of sp³-hybridized carbons (Fsp3) is 0.0714. The molecule has 0 aromatic heterocycles. The molecule has 2 rings (SSSR count). The molecular formula is C14H12ClNO3. The van der Waals surface area contributed by atoms with Gasteiger partial charge in [-0.05, 0) is 30.3 Å². The Morgan fingerprint density at radius 2 is 1.79 bits per heavy atom. The molecule has 98 valence electrons. The number of phenolic OH excluding ortho intramolecular Hbond substituents is 2. The molecule has 0 atom stereocenters. The van der Waals surface area contributed by atoms with Crippen LogP contribution in [-0.4, -0.2) is 23.2 Å². The number of rotatable bonds is 2. The van der Waals surface area contributed by atoms with Crippen LogP contribution in [0, 0.1) is 0 Å². The molecule has 2 aromatic carbocycles. The number of carbonyl (C=O) groups excluding carboxylic acids is 1. The molecule has 0 bridgehead atoms. The second kappa shape index (κ2) is 5.20. The first-order valence-corrected chi connectivity index (χ1v) is 5.92. The van der Waals surface area contributed by atoms with E-state index in [0.717, 1.165) is 0 Å². The summed E-state index contributed by atoms with van der Waals surface area (Å²) < 4.78 is 0. The summed E-state index contributed by atoms with van der Waals surface area (Å²) in [6.07, 6.45) is 0. The highest BCUT2D eigenvalue weighted by Gasteiger charge is 2.17. The summed E-state index contributed by atoms with van der Waals surface area (Å²) >= 11 is 5.95. The van der Waals surface area contributed by atoms with E-state index in [0.29, 0.717) is 5.69 Å². The summed E-state index contributed by atoms with van der Waals surface area (Å²) in [6.45, 7) is 0. The predicted molar refractivity (Wildman–Crippen MR) is 74.0 cm³/mol. The lowest BCUT2D eigenvalue weighted by atomic mass is 10.1. The highest BCUT2D eigenvalue weighted by Crippen LogP contribution is 2.25. The Hall–Kier alpha value is -2.20. The van der Waals surface area contributed by atoms with Gasteiger partial charge in [-0.15, -0.1) is 0 Å². The molecular weight excluding hydrogens is 266 g/mol. The van der Waals surface area contributed by atoms with Gasteiger partial charge in [0.25, 0.3) is 5.91 Å². The quantitative estimate of drug-likeness (QED) is 0.887. The van der Waals surface area contributed by atoms with E-state index in [9.17, 15) is 15.0 Å². The van der Waals surface area contributed by atoms with E-state index in [2.05, 4.69) is 0 Å². The van der Waals surface area contributed by atoms with Crippen molar-refractivity contribution in [1.29, 1.82) is 0 Å². The molecule has 2 N–H and O–H groups in total. The number of benzene rings is 2. The Bertz CT molecular complexity index is 628. The van der Waals surface area contributed by atoms with Crippen LogP contribution in [0.3, 0.4) is 0 Å². The smallest absolute Gasteiger partial charge is 0.259 e. The third kappa shape index (κ3) is 2.80. The van der Waals surface area contributed by atoms with Crippen molar-refractivity contribution in [3.63, 3.8) is 0 Å². The van der Waals surface area contributed by atoms with E-state index in [-0.39, 0.29) is 28.0 Å². The fourth-order valence-corrected chi connectivity index (χ4v) is 1.88. The third-order valence-electron chi connectivity index (χ3n) is 2.70. The molecule has 0 saturated heterocycles. The average molecular weight is 278 g/mol. The predicted octanol–water partition coefficient (Wildman–Crippen LogP) is 3.03. The minimum atomic E-state index is -0.369. The largest absolute Gasteiger partial charge is 0.508 e. The van der Waals surface area contributed by atoms with E-state index in [4.69, 9.17) is 11.6 Å². The standard InChI is InChI=1S/C14H12ClNO3/c1-16(9-3-2-4-10(17)7-9)14(19)12-8-11(18)5-6-13(12)15/h2-8,17-18H,1H3.